The molecule has 0 fully saturated rings. The lowest BCUT2D eigenvalue weighted by Gasteiger charge is -2.08. The lowest BCUT2D eigenvalue weighted by Crippen LogP contribution is -2.27. The third-order valence-corrected chi connectivity index (χ3v) is 11.9. The number of ether oxygens (including phenoxy) is 16. The van der Waals surface area contributed by atoms with Crippen molar-refractivity contribution >= 4 is 96.0 Å². The van der Waals surface area contributed by atoms with Gasteiger partial charge in [-0.2, -0.15) is 0 Å². The molecule has 4 N–H and O–H groups in total. The Labute approximate surface area is 629 Å². The van der Waals surface area contributed by atoms with E-state index in [0.717, 1.165) is 75.7 Å². The maximum atomic E-state index is 11.4. The van der Waals surface area contributed by atoms with E-state index in [2.05, 4.69) is 92.8 Å². The highest BCUT2D eigenvalue weighted by molar-refractivity contribution is 5.88. The van der Waals surface area contributed by atoms with Crippen molar-refractivity contribution in [1.29, 1.82) is 0 Å². The summed E-state index contributed by atoms with van der Waals surface area (Å²) in [5.41, 5.74) is 1.12. The summed E-state index contributed by atoms with van der Waals surface area (Å²) >= 11 is 0. The highest BCUT2D eigenvalue weighted by Gasteiger charge is 2.13. The van der Waals surface area contributed by atoms with Gasteiger partial charge in [-0.15, -0.1) is 0 Å². The second-order valence-electron chi connectivity index (χ2n) is 21.5. The smallest absolute Gasteiger partial charge is 0.407 e. The normalized spacial score (nSPS) is 9.67. The summed E-state index contributed by atoms with van der Waals surface area (Å²) in [5.74, 6) is -6.15. The number of amides is 4. The van der Waals surface area contributed by atoms with Crippen molar-refractivity contribution in [2.24, 2.45) is 0 Å². The van der Waals surface area contributed by atoms with E-state index in [4.69, 9.17) is 56.8 Å². The lowest BCUT2D eigenvalue weighted by molar-refractivity contribution is -0.151. The fraction of sp³-hybridized carbons (Fsp3) is 0.556. The summed E-state index contributed by atoms with van der Waals surface area (Å²) in [7, 11) is 0. The first-order valence-corrected chi connectivity index (χ1v) is 34.2. The van der Waals surface area contributed by atoms with Crippen LogP contribution in [0.15, 0.2) is 99.2 Å². The van der Waals surface area contributed by atoms with Crippen molar-refractivity contribution < 1.29 is 153 Å². The monoisotopic (exact) mass is 1540 g/mol. The van der Waals surface area contributed by atoms with Crippen molar-refractivity contribution in [1.82, 2.24) is 21.3 Å². The minimum atomic E-state index is -0.580. The van der Waals surface area contributed by atoms with Gasteiger partial charge < -0.3 is 97.1 Å². The second-order valence-corrected chi connectivity index (χ2v) is 21.5. The van der Waals surface area contributed by atoms with Crippen molar-refractivity contribution in [3.05, 3.63) is 99.2 Å². The molecule has 0 unspecified atom stereocenters. The van der Waals surface area contributed by atoms with Crippen LogP contribution in [0.4, 0.5) is 19.2 Å². The van der Waals surface area contributed by atoms with E-state index in [1.165, 1.54) is 27.7 Å². The molecule has 0 aliphatic carbocycles. The molecule has 0 bridgehead atoms. The largest absolute Gasteiger partial charge is 0.462 e. The van der Waals surface area contributed by atoms with Gasteiger partial charge in [0, 0.05) is 98.5 Å². The quantitative estimate of drug-likeness (QED) is 0.0214. The Balaban J connectivity index is -0.000000670. The van der Waals surface area contributed by atoms with Gasteiger partial charge in [0.15, 0.2) is 0 Å². The summed E-state index contributed by atoms with van der Waals surface area (Å²) in [6.07, 6.45) is 10.8. The Morgan fingerprint density at radius 3 is 0.546 bits per heavy atom. The number of hydrogen-bond acceptors (Lipinski definition) is 32. The third kappa shape index (κ3) is 75.8. The zero-order chi connectivity index (χ0) is 82.0. The summed E-state index contributed by atoms with van der Waals surface area (Å²) in [6.45, 7) is 34.2. The summed E-state index contributed by atoms with van der Waals surface area (Å²) < 4.78 is 76.5. The van der Waals surface area contributed by atoms with Gasteiger partial charge in [0.05, 0.1) is 0 Å². The van der Waals surface area contributed by atoms with Crippen LogP contribution in [-0.4, -0.2) is 228 Å². The van der Waals surface area contributed by atoms with Crippen LogP contribution in [0.1, 0.15) is 130 Å². The van der Waals surface area contributed by atoms with Gasteiger partial charge in [-0.05, 0) is 79.1 Å². The molecule has 0 atom stereocenters. The number of carbonyl (C=O) groups excluding carboxylic acids is 16. The van der Waals surface area contributed by atoms with Crippen molar-refractivity contribution in [2.75, 3.05) is 132 Å². The van der Waals surface area contributed by atoms with E-state index >= 15 is 0 Å². The third-order valence-electron chi connectivity index (χ3n) is 11.9. The Morgan fingerprint density at radius 1 is 0.222 bits per heavy atom. The van der Waals surface area contributed by atoms with Gasteiger partial charge >= 0.3 is 96.0 Å². The number of esters is 12. The van der Waals surface area contributed by atoms with Gasteiger partial charge in [0.25, 0.3) is 0 Å². The molecule has 36 nitrogen and oxygen atoms in total. The average Bonchev–Trinajstić information content (AvgIpc) is 1.10. The van der Waals surface area contributed by atoms with Crippen LogP contribution in [0.25, 0.3) is 0 Å². The molecule has 608 valence electrons. The van der Waals surface area contributed by atoms with Crippen LogP contribution >= 0.6 is 0 Å². The van der Waals surface area contributed by atoms with Gasteiger partial charge in [-0.25, -0.2) is 57.5 Å². The summed E-state index contributed by atoms with van der Waals surface area (Å²) in [5, 5.41) is 10.4. The zero-order valence-electron chi connectivity index (χ0n) is 62.5. The fourth-order valence-corrected chi connectivity index (χ4v) is 6.53. The first-order chi connectivity index (χ1) is 51.4. The molecule has 0 saturated carbocycles. The van der Waals surface area contributed by atoms with Crippen molar-refractivity contribution in [3.8, 4) is 0 Å². The predicted molar refractivity (Wildman–Crippen MR) is 383 cm³/mol. The second kappa shape index (κ2) is 72.6. The number of alkyl carbamates (subject to hydrolysis) is 4. The molecule has 0 spiro atoms. The molecule has 0 radical (unpaired) electrons. The summed E-state index contributed by atoms with van der Waals surface area (Å²) in [6, 6.07) is 0. The number of hydrogen-bond donors (Lipinski definition) is 4. The van der Waals surface area contributed by atoms with E-state index in [-0.39, 0.29) is 154 Å². The maximum absolute atomic E-state index is 11.4. The molecular formula is C72H108N4O32. The van der Waals surface area contributed by atoms with Crippen LogP contribution in [0, 0.1) is 0 Å². The molecule has 0 aliphatic heterocycles. The number of carbonyl (C=O) groups is 16. The number of unbranched alkanes of at least 4 members (excludes halogenated alkanes) is 8. The molecule has 0 saturated heterocycles. The Bertz CT molecular complexity index is 2680. The molecule has 0 heterocycles. The molecule has 0 aromatic rings. The Hall–Kier alpha value is -11.4. The van der Waals surface area contributed by atoms with Gasteiger partial charge in [0.2, 0.25) is 0 Å². The first-order valence-electron chi connectivity index (χ1n) is 34.2. The maximum Gasteiger partial charge on any atom is 0.407 e. The van der Waals surface area contributed by atoms with E-state index in [1.807, 2.05) is 0 Å². The van der Waals surface area contributed by atoms with E-state index in [0.29, 0.717) is 51.9 Å². The molecule has 4 amide bonds. The minimum Gasteiger partial charge on any atom is -0.462 e. The number of nitrogens with one attached hydrogen (secondary N) is 4. The van der Waals surface area contributed by atoms with E-state index in [1.54, 1.807) is 0 Å². The lowest BCUT2D eigenvalue weighted by atomic mass is 10.2. The predicted octanol–water partition coefficient (Wildman–Crippen LogP) is 6.66. The molecular weight excluding hydrogens is 1430 g/mol. The highest BCUT2D eigenvalue weighted by atomic mass is 16.6. The fourth-order valence-electron chi connectivity index (χ4n) is 6.53. The first kappa shape index (κ1) is 103. The average molecular weight is 1540 g/mol. The Morgan fingerprint density at radius 2 is 0.380 bits per heavy atom. The molecule has 0 aromatic carbocycles. The van der Waals surface area contributed by atoms with E-state index < -0.39 is 96.0 Å². The standard InChI is InChI=1S/C20H32N2O8.C18H28N2O8.C18H26O8.C16H22O8/c1-15(2)17(23)27-11-13-29-19(25)21-9-7-5-6-8-10-22-20(26)30-14-12-28-18(24)16(3)4;1-3-15(21)25-11-13-27-17(23)19-9-7-5-6-8-10-20-18(24)28-14-12-26-16(22)4-2;1-13(2)17(21)25-11-9-23-15(19)7-5-6-8-16(20)24-10-12-26-18(22)14(3)4;1-3-13(17)21-9-11-23-15(19)7-5-6-8-16(20)24-12-10-22-14(18)4-2/h1,3,5-14H2,2,4H3,(H,21,25)(H,22,26);3-4H,1-2,5-14H2,(H,19,23)(H,20,24);1,3,5-12H2,2,4H3;3-4H,1-2,5-12H2. The molecule has 36 heteroatoms. The highest BCUT2D eigenvalue weighted by Crippen LogP contribution is 2.07. The molecule has 108 heavy (non-hydrogen) atoms. The van der Waals surface area contributed by atoms with Crippen LogP contribution in [-0.2, 0) is 133 Å². The van der Waals surface area contributed by atoms with Crippen LogP contribution in [0.3, 0.4) is 0 Å². The van der Waals surface area contributed by atoms with Gasteiger partial charge in [-0.1, -0.05) is 78.3 Å². The minimum absolute atomic E-state index is 0.0197. The van der Waals surface area contributed by atoms with Gasteiger partial charge in [-0.3, -0.25) is 19.2 Å². The molecule has 0 rings (SSSR count). The Kier molecular flexibility index (Phi) is 69.2. The topological polar surface area (TPSA) is 469 Å². The molecule has 0 aliphatic rings. The summed E-state index contributed by atoms with van der Waals surface area (Å²) in [4.78, 5) is 178. The van der Waals surface area contributed by atoms with Crippen molar-refractivity contribution in [3.63, 3.8) is 0 Å². The van der Waals surface area contributed by atoms with Crippen LogP contribution in [0.2, 0.25) is 0 Å². The van der Waals surface area contributed by atoms with Gasteiger partial charge in [0.1, 0.15) is 106 Å². The van der Waals surface area contributed by atoms with E-state index in [9.17, 15) is 76.7 Å². The number of rotatable bonds is 56. The van der Waals surface area contributed by atoms with Crippen LogP contribution in [0.5, 0.6) is 0 Å². The molecule has 0 aromatic heterocycles. The van der Waals surface area contributed by atoms with Crippen LogP contribution < -0.4 is 21.3 Å². The zero-order valence-corrected chi connectivity index (χ0v) is 62.5. The SMILES string of the molecule is C=C(C)C(=O)OCCOC(=O)CCCCC(=O)OCCOC(=O)C(=C)C.C=C(C)C(=O)OCCOC(=O)NCCCCCCNC(=O)OCCOC(=O)C(=C)C.C=CC(=O)OCCOC(=O)CCCCC(=O)OCCOC(=O)C=C.C=CC(=O)OCCOC(=O)NCCCCCCNC(=O)OCCOC(=O)C=C. The van der Waals surface area contributed by atoms with Crippen molar-refractivity contribution in [2.45, 2.75) is 130 Å².